The van der Waals surface area contributed by atoms with E-state index < -0.39 is 46.0 Å². The van der Waals surface area contributed by atoms with Crippen LogP contribution in [0.1, 0.15) is 0 Å². The molecule has 4 aromatic rings. The summed E-state index contributed by atoms with van der Waals surface area (Å²) >= 11 is 0. The van der Waals surface area contributed by atoms with Gasteiger partial charge in [0.2, 0.25) is 0 Å². The van der Waals surface area contributed by atoms with Gasteiger partial charge in [-0.15, -0.1) is 46.0 Å². The third-order valence-corrected chi connectivity index (χ3v) is 4.21. The van der Waals surface area contributed by atoms with E-state index in [1.807, 2.05) is 0 Å². The fraction of sp³-hybridized carbons (Fsp3) is 0.250. The van der Waals surface area contributed by atoms with Crippen molar-refractivity contribution >= 4 is 0 Å². The minimum absolute atomic E-state index is 0. The third-order valence-electron chi connectivity index (χ3n) is 4.21. The van der Waals surface area contributed by atoms with E-state index in [-0.39, 0.29) is 64.0 Å². The van der Waals surface area contributed by atoms with E-state index in [1.54, 1.807) is 48.5 Å². The number of nitrogens with two attached hydrogens (primary N) is 4. The van der Waals surface area contributed by atoms with Gasteiger partial charge in [0, 0.05) is 68.3 Å². The van der Waals surface area contributed by atoms with Crippen LogP contribution in [0.15, 0.2) is 97.1 Å². The molecule has 54 heavy (non-hydrogen) atoms. The van der Waals surface area contributed by atoms with E-state index in [4.69, 9.17) is 22.9 Å². The van der Waals surface area contributed by atoms with Crippen LogP contribution in [0.3, 0.4) is 0 Å². The molecule has 0 heterocycles. The Morgan fingerprint density at radius 2 is 0.370 bits per heavy atom. The zero-order valence-electron chi connectivity index (χ0n) is 29.7. The Bertz CT molecular complexity index is 984. The van der Waals surface area contributed by atoms with Crippen LogP contribution in [0, 0.1) is 0 Å². The predicted octanol–water partition coefficient (Wildman–Crippen LogP) is -8.40. The zero-order valence-corrected chi connectivity index (χ0v) is 35.6. The Kier molecular flexibility index (Phi) is 81.4. The summed E-state index contributed by atoms with van der Waals surface area (Å²) in [4.78, 5) is 0. The molecule has 20 N–H and O–H groups in total. The fourth-order valence-corrected chi connectivity index (χ4v) is 1.80. The maximum Gasteiger partial charge on any atom is 0.0864 e. The number of hydrogen-bond donors (Lipinski definition) is 8. The monoisotopic (exact) mass is 1110 g/mol. The van der Waals surface area contributed by atoms with Gasteiger partial charge in [-0.25, -0.2) is 0 Å². The van der Waals surface area contributed by atoms with Crippen molar-refractivity contribution < 1.29 is 128 Å². The first kappa shape index (κ1) is 75.2. The Hall–Kier alpha value is -3.82. The molecule has 20 nitrogen and oxygen atoms in total. The van der Waals surface area contributed by atoms with Crippen LogP contribution in [0.2, 0.25) is 0 Å². The Labute approximate surface area is 344 Å². The molecule has 0 fully saturated rings. The molecule has 4 aromatic carbocycles. The van der Waals surface area contributed by atoms with Crippen molar-refractivity contribution in [2.24, 2.45) is 22.9 Å². The second-order valence-electron chi connectivity index (χ2n) is 8.36. The first-order valence-electron chi connectivity index (χ1n) is 14.6. The molecule has 4 rings (SSSR count). The van der Waals surface area contributed by atoms with Crippen molar-refractivity contribution in [1.29, 1.82) is 0 Å². The van der Waals surface area contributed by atoms with E-state index in [2.05, 4.69) is 22.9 Å². The molecular formula is C32H52N8O12W2-12. The molecular weight excluding hydrogens is 1060 g/mol. The fourth-order valence-electron chi connectivity index (χ4n) is 1.80. The summed E-state index contributed by atoms with van der Waals surface area (Å²) in [6.45, 7) is 6.22. The minimum atomic E-state index is -0.437. The van der Waals surface area contributed by atoms with Crippen LogP contribution in [-0.2, 0) is 64.0 Å². The molecule has 22 heteroatoms. The van der Waals surface area contributed by atoms with Gasteiger partial charge in [-0.3, -0.25) is 0 Å². The summed E-state index contributed by atoms with van der Waals surface area (Å²) in [5.41, 5.74) is 33.8. The zero-order chi connectivity index (χ0) is 37.6. The van der Waals surface area contributed by atoms with Gasteiger partial charge in [-0.1, -0.05) is 97.1 Å². The van der Waals surface area contributed by atoms with Gasteiger partial charge >= 0.3 is 0 Å². The summed E-state index contributed by atoms with van der Waals surface area (Å²) < 4.78 is 0. The number of quaternary nitrogens is 4. The van der Waals surface area contributed by atoms with Gasteiger partial charge in [0.05, 0.1) is 26.2 Å². The SMILES string of the molecule is NCC[NH3+].NCC[NH3+].NCC[NH3+].NCC[NH3+].[O-2].[O-2].[O-2].[O-2].[O-]c1ccccc1[O-].[O-]c1ccccc1[O-].[O-]c1ccccc1[O-].[O-]c1ccccc1[O-].[W].[W]. The van der Waals surface area contributed by atoms with Crippen LogP contribution < -0.4 is 86.7 Å². The number of hydrogen-bond acceptors (Lipinski definition) is 12. The van der Waals surface area contributed by atoms with Crippen molar-refractivity contribution in [3.05, 3.63) is 97.1 Å². The largest absolute Gasteiger partial charge is 2.00 e. The summed E-state index contributed by atoms with van der Waals surface area (Å²) in [7, 11) is 0. The number of benzene rings is 4. The van der Waals surface area contributed by atoms with E-state index >= 15 is 0 Å². The molecule has 0 aliphatic rings. The summed E-state index contributed by atoms with van der Waals surface area (Å²) in [5.74, 6) is -3.50. The van der Waals surface area contributed by atoms with Crippen molar-refractivity contribution in [3.63, 3.8) is 0 Å². The summed E-state index contributed by atoms with van der Waals surface area (Å²) in [5, 5.41) is 82.5. The molecule has 316 valence electrons. The van der Waals surface area contributed by atoms with Crippen LogP contribution in [0.5, 0.6) is 46.0 Å². The molecule has 0 amide bonds. The second kappa shape index (κ2) is 58.5. The molecule has 0 saturated heterocycles. The third kappa shape index (κ3) is 54.9. The normalized spacial score (nSPS) is 7.56. The Balaban J connectivity index is -0.0000000515. The summed E-state index contributed by atoms with van der Waals surface area (Å²) in [6, 6.07) is 22.4. The van der Waals surface area contributed by atoms with E-state index in [0.29, 0.717) is 26.2 Å². The van der Waals surface area contributed by atoms with Crippen LogP contribution in [-0.4, -0.2) is 52.4 Å². The first-order chi connectivity index (χ1) is 22.9. The second-order valence-corrected chi connectivity index (χ2v) is 8.36. The van der Waals surface area contributed by atoms with Crippen molar-refractivity contribution in [1.82, 2.24) is 0 Å². The molecule has 0 aromatic heterocycles. The van der Waals surface area contributed by atoms with Gasteiger partial charge in [-0.05, 0) is 0 Å². The first-order valence-corrected chi connectivity index (χ1v) is 14.6. The molecule has 0 bridgehead atoms. The maximum atomic E-state index is 10.3. The molecule has 0 atom stereocenters. The molecule has 0 spiro atoms. The standard InChI is InChI=1S/4C6H6O2.4C2H8N2.4O.2W/c4*7-5-3-1-2-4-6(5)8;4*3-1-2-4;;;;;;/h4*1-4,7-8H;4*1-4H2;;;;;;/q;;;;;;;;4*-2;;/p-4. The van der Waals surface area contributed by atoms with Gasteiger partial charge < -0.3 is 109 Å². The van der Waals surface area contributed by atoms with Crippen molar-refractivity contribution in [2.75, 3.05) is 52.4 Å². The predicted molar refractivity (Wildman–Crippen MR) is 171 cm³/mol. The molecule has 0 aliphatic carbocycles. The Morgan fingerprint density at radius 3 is 0.407 bits per heavy atom. The average molecular weight is 1110 g/mol. The van der Waals surface area contributed by atoms with Gasteiger partial charge in [0.15, 0.2) is 0 Å². The van der Waals surface area contributed by atoms with Gasteiger partial charge in [0.1, 0.15) is 0 Å². The maximum absolute atomic E-state index is 10.3. The van der Waals surface area contributed by atoms with Crippen molar-refractivity contribution in [3.8, 4) is 46.0 Å². The van der Waals surface area contributed by atoms with E-state index in [1.165, 1.54) is 48.5 Å². The number of rotatable bonds is 4. The molecule has 0 radical (unpaired) electrons. The van der Waals surface area contributed by atoms with E-state index in [0.717, 1.165) is 26.2 Å². The van der Waals surface area contributed by atoms with Crippen LogP contribution >= 0.6 is 0 Å². The van der Waals surface area contributed by atoms with E-state index in [9.17, 15) is 40.9 Å². The van der Waals surface area contributed by atoms with Crippen LogP contribution in [0.25, 0.3) is 0 Å². The molecule has 0 aliphatic heterocycles. The quantitative estimate of drug-likeness (QED) is 0.0945. The molecule has 0 unspecified atom stereocenters. The number of para-hydroxylation sites is 8. The minimum Gasteiger partial charge on any atom is -2.00 e. The average Bonchev–Trinajstić information content (AvgIpc) is 3.11. The molecule has 0 saturated carbocycles. The Morgan fingerprint density at radius 1 is 0.296 bits per heavy atom. The topological polar surface area (TPSA) is 513 Å². The van der Waals surface area contributed by atoms with Gasteiger partial charge in [0.25, 0.3) is 0 Å². The van der Waals surface area contributed by atoms with Crippen LogP contribution in [0.4, 0.5) is 0 Å². The smallest absolute Gasteiger partial charge is 0.0864 e. The van der Waals surface area contributed by atoms with Crippen molar-refractivity contribution in [2.45, 2.75) is 0 Å². The summed E-state index contributed by atoms with van der Waals surface area (Å²) in [6.07, 6.45) is 0. The van der Waals surface area contributed by atoms with Gasteiger partial charge in [-0.2, -0.15) is 0 Å².